The number of carboxylic acid groups (broad SMARTS) is 2. The van der Waals surface area contributed by atoms with Gasteiger partial charge in [0.15, 0.2) is 0 Å². The fourth-order valence-electron chi connectivity index (χ4n) is 2.00. The monoisotopic (exact) mass is 406 g/mol. The third-order valence-electron chi connectivity index (χ3n) is 3.31. The molecule has 0 saturated heterocycles. The number of nitrogens with one attached hydrogen (secondary N) is 3. The van der Waals surface area contributed by atoms with E-state index in [-0.39, 0.29) is 11.7 Å². The summed E-state index contributed by atoms with van der Waals surface area (Å²) in [5.74, 6) is -5.04. The summed E-state index contributed by atoms with van der Waals surface area (Å²) in [6, 6.07) is -3.63. The van der Waals surface area contributed by atoms with Crippen LogP contribution in [0.2, 0.25) is 0 Å². The highest BCUT2D eigenvalue weighted by atomic mass is 32.1. The van der Waals surface area contributed by atoms with Crippen molar-refractivity contribution in [3.05, 3.63) is 0 Å². The Hall–Kier alpha value is -2.34. The zero-order valence-corrected chi connectivity index (χ0v) is 16.0. The first kappa shape index (κ1) is 24.7. The van der Waals surface area contributed by atoms with E-state index in [4.69, 9.17) is 15.9 Å². The number of nitrogens with two attached hydrogens (primary N) is 1. The van der Waals surface area contributed by atoms with Crippen LogP contribution in [0.4, 0.5) is 0 Å². The van der Waals surface area contributed by atoms with Gasteiger partial charge in [-0.2, -0.15) is 12.6 Å². The van der Waals surface area contributed by atoms with E-state index in [1.54, 1.807) is 0 Å². The second-order valence-electron chi connectivity index (χ2n) is 6.25. The second kappa shape index (κ2) is 12.1. The Morgan fingerprint density at radius 3 is 2.04 bits per heavy atom. The average Bonchev–Trinajstić information content (AvgIpc) is 2.55. The molecule has 27 heavy (non-hydrogen) atoms. The van der Waals surface area contributed by atoms with Crippen molar-refractivity contribution in [2.75, 3.05) is 12.3 Å². The van der Waals surface area contributed by atoms with Crippen molar-refractivity contribution in [1.82, 2.24) is 16.0 Å². The topological polar surface area (TPSA) is 188 Å². The Morgan fingerprint density at radius 1 is 1.00 bits per heavy atom. The number of thiol groups is 1. The molecule has 154 valence electrons. The molecular formula is C15H26N4O7S. The minimum atomic E-state index is -1.65. The number of rotatable bonds is 12. The molecule has 0 fully saturated rings. The molecule has 0 aromatic carbocycles. The number of hydrogen-bond donors (Lipinski definition) is 7. The third-order valence-corrected chi connectivity index (χ3v) is 3.68. The molecule has 7 N–H and O–H groups in total. The normalized spacial score (nSPS) is 14.0. The standard InChI is InChI=1S/C15H26N4O7S/c1-7(2)3-8(16)13(23)17-5-11(20)18-10(6-27)14(24)19-9(15(25)26)4-12(21)22/h7-10,27H,3-6,16H2,1-2H3,(H,17,23)(H,18,20)(H,19,24)(H,21,22)(H,25,26). The van der Waals surface area contributed by atoms with Gasteiger partial charge >= 0.3 is 11.9 Å². The van der Waals surface area contributed by atoms with E-state index in [0.29, 0.717) is 6.42 Å². The minimum absolute atomic E-state index is 0.169. The van der Waals surface area contributed by atoms with Crippen LogP contribution in [0.15, 0.2) is 0 Å². The third kappa shape index (κ3) is 10.4. The average molecular weight is 406 g/mol. The van der Waals surface area contributed by atoms with Crippen LogP contribution < -0.4 is 21.7 Å². The van der Waals surface area contributed by atoms with Gasteiger partial charge in [-0.3, -0.25) is 19.2 Å². The van der Waals surface area contributed by atoms with Crippen LogP contribution in [0.5, 0.6) is 0 Å². The first-order valence-corrected chi connectivity index (χ1v) is 8.79. The van der Waals surface area contributed by atoms with Crippen LogP contribution in [0, 0.1) is 5.92 Å². The van der Waals surface area contributed by atoms with Crippen molar-refractivity contribution >= 4 is 42.3 Å². The van der Waals surface area contributed by atoms with Gasteiger partial charge in [-0.25, -0.2) is 4.79 Å². The molecule has 0 spiro atoms. The summed E-state index contributed by atoms with van der Waals surface area (Å²) in [4.78, 5) is 57.3. The summed E-state index contributed by atoms with van der Waals surface area (Å²) in [5.41, 5.74) is 5.68. The number of carbonyl (C=O) groups excluding carboxylic acids is 3. The lowest BCUT2D eigenvalue weighted by Crippen LogP contribution is -2.54. The molecule has 12 heteroatoms. The summed E-state index contributed by atoms with van der Waals surface area (Å²) in [6.45, 7) is 3.36. The van der Waals surface area contributed by atoms with E-state index in [9.17, 15) is 24.0 Å². The van der Waals surface area contributed by atoms with Crippen molar-refractivity contribution in [2.24, 2.45) is 11.7 Å². The molecule has 0 rings (SSSR count). The van der Waals surface area contributed by atoms with Gasteiger partial charge in [-0.15, -0.1) is 0 Å². The molecule has 0 heterocycles. The van der Waals surface area contributed by atoms with Gasteiger partial charge in [0.05, 0.1) is 19.0 Å². The Kier molecular flexibility index (Phi) is 11.1. The summed E-state index contributed by atoms with van der Waals surface area (Å²) in [5, 5.41) is 24.2. The van der Waals surface area contributed by atoms with Crippen molar-refractivity contribution < 1.29 is 34.2 Å². The summed E-state index contributed by atoms with van der Waals surface area (Å²) in [7, 11) is 0. The molecule has 0 aliphatic rings. The highest BCUT2D eigenvalue weighted by Gasteiger charge is 2.27. The van der Waals surface area contributed by atoms with Gasteiger partial charge in [0.2, 0.25) is 17.7 Å². The summed E-state index contributed by atoms with van der Waals surface area (Å²) in [6.07, 6.45) is -0.382. The smallest absolute Gasteiger partial charge is 0.326 e. The number of carboxylic acids is 2. The number of carbonyl (C=O) groups is 5. The van der Waals surface area contributed by atoms with E-state index in [2.05, 4.69) is 23.3 Å². The van der Waals surface area contributed by atoms with Gasteiger partial charge in [-0.05, 0) is 12.3 Å². The van der Waals surface area contributed by atoms with Gasteiger partial charge in [-0.1, -0.05) is 13.8 Å². The number of amides is 3. The van der Waals surface area contributed by atoms with Crippen molar-refractivity contribution in [1.29, 1.82) is 0 Å². The highest BCUT2D eigenvalue weighted by molar-refractivity contribution is 7.80. The summed E-state index contributed by atoms with van der Waals surface area (Å²) < 4.78 is 0. The summed E-state index contributed by atoms with van der Waals surface area (Å²) >= 11 is 3.91. The molecule has 0 bridgehead atoms. The SMILES string of the molecule is CC(C)CC(N)C(=O)NCC(=O)NC(CS)C(=O)NC(CC(=O)O)C(=O)O. The maximum Gasteiger partial charge on any atom is 0.326 e. The quantitative estimate of drug-likeness (QED) is 0.180. The maximum atomic E-state index is 12.0. The molecule has 0 saturated carbocycles. The van der Waals surface area contributed by atoms with Crippen molar-refractivity contribution in [3.63, 3.8) is 0 Å². The zero-order chi connectivity index (χ0) is 21.1. The zero-order valence-electron chi connectivity index (χ0n) is 15.1. The van der Waals surface area contributed by atoms with Crippen LogP contribution in [-0.2, 0) is 24.0 Å². The van der Waals surface area contributed by atoms with Crippen LogP contribution in [0.3, 0.4) is 0 Å². The Balaban J connectivity index is 4.62. The lowest BCUT2D eigenvalue weighted by atomic mass is 10.0. The Bertz CT molecular complexity index is 570. The van der Waals surface area contributed by atoms with Gasteiger partial charge in [0.25, 0.3) is 0 Å². The van der Waals surface area contributed by atoms with E-state index in [1.165, 1.54) is 0 Å². The molecule has 0 aromatic heterocycles. The van der Waals surface area contributed by atoms with E-state index >= 15 is 0 Å². The largest absolute Gasteiger partial charge is 0.481 e. The van der Waals surface area contributed by atoms with Crippen molar-refractivity contribution in [3.8, 4) is 0 Å². The number of aliphatic carboxylic acids is 2. The van der Waals surface area contributed by atoms with Crippen molar-refractivity contribution in [2.45, 2.75) is 44.8 Å². The fraction of sp³-hybridized carbons (Fsp3) is 0.667. The highest BCUT2D eigenvalue weighted by Crippen LogP contribution is 2.02. The van der Waals surface area contributed by atoms with E-state index in [1.807, 2.05) is 19.2 Å². The molecule has 11 nitrogen and oxygen atoms in total. The Labute approximate surface area is 161 Å². The molecule has 3 unspecified atom stereocenters. The van der Waals surface area contributed by atoms with Crippen LogP contribution in [-0.4, -0.2) is 70.3 Å². The molecular weight excluding hydrogens is 380 g/mol. The van der Waals surface area contributed by atoms with Crippen LogP contribution >= 0.6 is 12.6 Å². The molecule has 0 aliphatic heterocycles. The van der Waals surface area contributed by atoms with Gasteiger partial charge in [0.1, 0.15) is 12.1 Å². The molecule has 0 aliphatic carbocycles. The fourth-order valence-corrected chi connectivity index (χ4v) is 2.26. The van der Waals surface area contributed by atoms with Crippen LogP contribution in [0.1, 0.15) is 26.7 Å². The molecule has 0 aromatic rings. The predicted molar refractivity (Wildman–Crippen MR) is 98.0 cm³/mol. The second-order valence-corrected chi connectivity index (χ2v) is 6.62. The first-order valence-electron chi connectivity index (χ1n) is 8.16. The van der Waals surface area contributed by atoms with Gasteiger partial charge in [0, 0.05) is 5.75 Å². The first-order chi connectivity index (χ1) is 12.5. The van der Waals surface area contributed by atoms with Crippen LogP contribution in [0.25, 0.3) is 0 Å². The predicted octanol–water partition coefficient (Wildman–Crippen LogP) is -2.07. The van der Waals surface area contributed by atoms with E-state index < -0.39 is 60.8 Å². The molecule has 0 radical (unpaired) electrons. The molecule has 3 amide bonds. The lowest BCUT2D eigenvalue weighted by molar-refractivity contribution is -0.147. The van der Waals surface area contributed by atoms with E-state index in [0.717, 1.165) is 0 Å². The maximum absolute atomic E-state index is 12.0. The van der Waals surface area contributed by atoms with Gasteiger partial charge < -0.3 is 31.9 Å². The molecule has 3 atom stereocenters. The lowest BCUT2D eigenvalue weighted by Gasteiger charge is -2.20. The Morgan fingerprint density at radius 2 is 1.59 bits per heavy atom. The number of hydrogen-bond acceptors (Lipinski definition) is 7. The minimum Gasteiger partial charge on any atom is -0.481 e.